The number of allylic oxidation sites excluding steroid dienone is 1. The predicted molar refractivity (Wildman–Crippen MR) is 168 cm³/mol. The SMILES string of the molecule is C=C1CCCCN1C1CC(C)(C(C)CC)Cc2ccc(/C(C)=N/N(C)CC)cc21.CC.Cc1ccccc1. The van der Waals surface area contributed by atoms with Gasteiger partial charge in [-0.25, -0.2) is 0 Å². The van der Waals surface area contributed by atoms with Gasteiger partial charge in [0.25, 0.3) is 0 Å². The van der Waals surface area contributed by atoms with Gasteiger partial charge in [0.05, 0.1) is 11.8 Å². The van der Waals surface area contributed by atoms with Crippen molar-refractivity contribution in [1.82, 2.24) is 9.91 Å². The van der Waals surface area contributed by atoms with Crippen LogP contribution >= 0.6 is 0 Å². The van der Waals surface area contributed by atoms with Gasteiger partial charge in [-0.1, -0.05) is 95.6 Å². The van der Waals surface area contributed by atoms with Crippen LogP contribution in [0.25, 0.3) is 0 Å². The number of benzene rings is 2. The molecule has 0 spiro atoms. The number of hydrogen-bond donors (Lipinski definition) is 0. The summed E-state index contributed by atoms with van der Waals surface area (Å²) in [5.41, 5.74) is 8.40. The van der Waals surface area contributed by atoms with E-state index in [1.54, 1.807) is 0 Å². The normalized spacial score (nSPS) is 21.8. The molecular weight excluding hydrogens is 462 g/mol. The Kier molecular flexibility index (Phi) is 12.6. The first-order valence-corrected chi connectivity index (χ1v) is 15.0. The molecule has 1 aliphatic heterocycles. The fourth-order valence-corrected chi connectivity index (χ4v) is 5.70. The van der Waals surface area contributed by atoms with Crippen molar-refractivity contribution in [2.75, 3.05) is 20.1 Å². The average Bonchev–Trinajstić information content (AvgIpc) is 2.94. The highest BCUT2D eigenvalue weighted by Gasteiger charge is 2.41. The summed E-state index contributed by atoms with van der Waals surface area (Å²) in [6.07, 6.45) is 7.36. The Bertz CT molecular complexity index is 1020. The first-order chi connectivity index (χ1) is 18.2. The molecule has 3 heteroatoms. The molecule has 0 N–H and O–H groups in total. The first kappa shape index (κ1) is 31.7. The predicted octanol–water partition coefficient (Wildman–Crippen LogP) is 9.42. The molecule has 0 amide bonds. The maximum atomic E-state index is 4.76. The molecule has 4 rings (SSSR count). The lowest BCUT2D eigenvalue weighted by Gasteiger charge is -2.49. The highest BCUT2D eigenvalue weighted by molar-refractivity contribution is 5.98. The third-order valence-corrected chi connectivity index (χ3v) is 8.59. The van der Waals surface area contributed by atoms with Gasteiger partial charge in [0, 0.05) is 25.8 Å². The van der Waals surface area contributed by atoms with Gasteiger partial charge in [-0.15, -0.1) is 0 Å². The molecule has 1 aliphatic carbocycles. The van der Waals surface area contributed by atoms with Crippen molar-refractivity contribution in [2.24, 2.45) is 16.4 Å². The molecule has 0 aromatic heterocycles. The molecular formula is C35H55N3. The van der Waals surface area contributed by atoms with Crippen molar-refractivity contribution in [3.63, 3.8) is 0 Å². The van der Waals surface area contributed by atoms with E-state index < -0.39 is 0 Å². The third kappa shape index (κ3) is 8.22. The highest BCUT2D eigenvalue weighted by Crippen LogP contribution is 2.50. The summed E-state index contributed by atoms with van der Waals surface area (Å²) in [4.78, 5) is 2.64. The smallest absolute Gasteiger partial charge is 0.0646 e. The van der Waals surface area contributed by atoms with Crippen LogP contribution in [0, 0.1) is 18.3 Å². The third-order valence-electron chi connectivity index (χ3n) is 8.59. The van der Waals surface area contributed by atoms with E-state index in [9.17, 15) is 0 Å². The largest absolute Gasteiger partial charge is 0.368 e. The number of aryl methyl sites for hydroxylation is 1. The topological polar surface area (TPSA) is 18.8 Å². The van der Waals surface area contributed by atoms with E-state index in [-0.39, 0.29) is 0 Å². The van der Waals surface area contributed by atoms with Crippen LogP contribution in [0.3, 0.4) is 0 Å². The number of fused-ring (bicyclic) bond motifs is 1. The zero-order valence-electron chi connectivity index (χ0n) is 26.0. The van der Waals surface area contributed by atoms with Gasteiger partial charge in [0.2, 0.25) is 0 Å². The second kappa shape index (κ2) is 15.1. The molecule has 2 aromatic rings. The second-order valence-electron chi connectivity index (χ2n) is 11.3. The van der Waals surface area contributed by atoms with Crippen molar-refractivity contribution < 1.29 is 0 Å². The van der Waals surface area contributed by atoms with Crippen LogP contribution < -0.4 is 0 Å². The van der Waals surface area contributed by atoms with Crippen molar-refractivity contribution in [3.05, 3.63) is 83.1 Å². The lowest BCUT2D eigenvalue weighted by atomic mass is 9.63. The molecule has 3 unspecified atom stereocenters. The maximum absolute atomic E-state index is 4.76. The standard InChI is InChI=1S/C26H41N3.C7H8.C2H6/c1-8-19(3)26(6)17-23-14-13-22(21(5)27-28(7)9-2)16-24(23)25(18-26)29-15-11-10-12-20(29)4;1-7-5-3-2-4-6-7;1-2/h13-14,16,19,25H,4,8-12,15,17-18H2,1-3,5-7H3;2-6H,1H3;1-2H3/b27-21+;;. The molecule has 1 heterocycles. The van der Waals surface area contributed by atoms with Crippen molar-refractivity contribution in [2.45, 2.75) is 100.0 Å². The minimum atomic E-state index is 0.344. The van der Waals surface area contributed by atoms with E-state index in [0.29, 0.717) is 11.5 Å². The Balaban J connectivity index is 0.000000481. The summed E-state index contributed by atoms with van der Waals surface area (Å²) in [5, 5.41) is 6.77. The lowest BCUT2D eigenvalue weighted by molar-refractivity contribution is 0.0881. The Morgan fingerprint density at radius 2 is 1.82 bits per heavy atom. The zero-order valence-corrected chi connectivity index (χ0v) is 26.0. The summed E-state index contributed by atoms with van der Waals surface area (Å²) in [6, 6.07) is 17.8. The molecule has 0 saturated carbocycles. The van der Waals surface area contributed by atoms with E-state index in [1.165, 1.54) is 60.1 Å². The Morgan fingerprint density at radius 1 is 1.13 bits per heavy atom. The zero-order chi connectivity index (χ0) is 28.3. The van der Waals surface area contributed by atoms with E-state index in [4.69, 9.17) is 5.10 Å². The molecule has 1 fully saturated rings. The van der Waals surface area contributed by atoms with E-state index in [0.717, 1.165) is 31.1 Å². The highest BCUT2D eigenvalue weighted by atomic mass is 15.4. The van der Waals surface area contributed by atoms with Crippen LogP contribution in [0.2, 0.25) is 0 Å². The minimum absolute atomic E-state index is 0.344. The summed E-state index contributed by atoms with van der Waals surface area (Å²) < 4.78 is 0. The number of hydrogen-bond acceptors (Lipinski definition) is 3. The molecule has 210 valence electrons. The average molecular weight is 518 g/mol. The van der Waals surface area contributed by atoms with E-state index >= 15 is 0 Å². The number of hydrazone groups is 1. The monoisotopic (exact) mass is 517 g/mol. The van der Waals surface area contributed by atoms with Crippen molar-refractivity contribution in [3.8, 4) is 0 Å². The molecule has 2 aromatic carbocycles. The number of piperidine rings is 1. The number of likely N-dealkylation sites (tertiary alicyclic amines) is 1. The van der Waals surface area contributed by atoms with E-state index in [1.807, 2.05) is 44.1 Å². The summed E-state index contributed by atoms with van der Waals surface area (Å²) in [5.74, 6) is 0.720. The van der Waals surface area contributed by atoms with Gasteiger partial charge in [-0.05, 0) is 87.0 Å². The number of rotatable bonds is 6. The van der Waals surface area contributed by atoms with E-state index in [2.05, 4.69) is 83.4 Å². The van der Waals surface area contributed by atoms with Crippen LogP contribution in [-0.2, 0) is 6.42 Å². The van der Waals surface area contributed by atoms with Crippen LogP contribution in [0.5, 0.6) is 0 Å². The molecule has 2 aliphatic rings. The van der Waals surface area contributed by atoms with Crippen molar-refractivity contribution in [1.29, 1.82) is 0 Å². The first-order valence-electron chi connectivity index (χ1n) is 15.0. The van der Waals surface area contributed by atoms with Gasteiger partial charge in [0.15, 0.2) is 0 Å². The molecule has 38 heavy (non-hydrogen) atoms. The summed E-state index contributed by atoms with van der Waals surface area (Å²) in [6.45, 7) is 24.2. The second-order valence-corrected chi connectivity index (χ2v) is 11.3. The fraction of sp³-hybridized carbons (Fsp3) is 0.571. The van der Waals surface area contributed by atoms with Gasteiger partial charge in [-0.3, -0.25) is 0 Å². The van der Waals surface area contributed by atoms with Crippen LogP contribution in [0.4, 0.5) is 0 Å². The van der Waals surface area contributed by atoms with Gasteiger partial charge < -0.3 is 9.91 Å². The number of nitrogens with zero attached hydrogens (tertiary/aromatic N) is 3. The summed E-state index contributed by atoms with van der Waals surface area (Å²) in [7, 11) is 2.04. The Morgan fingerprint density at radius 3 is 2.37 bits per heavy atom. The molecule has 3 nitrogen and oxygen atoms in total. The van der Waals surface area contributed by atoms with Crippen LogP contribution in [0.15, 0.2) is 65.9 Å². The lowest BCUT2D eigenvalue weighted by Crippen LogP contribution is -2.41. The molecule has 3 atom stereocenters. The molecule has 0 radical (unpaired) electrons. The van der Waals surface area contributed by atoms with Crippen LogP contribution in [0.1, 0.15) is 109 Å². The minimum Gasteiger partial charge on any atom is -0.368 e. The Hall–Kier alpha value is -2.55. The van der Waals surface area contributed by atoms with Crippen LogP contribution in [-0.4, -0.2) is 35.8 Å². The Labute approximate surface area is 235 Å². The van der Waals surface area contributed by atoms with Gasteiger partial charge in [0.1, 0.15) is 0 Å². The quantitative estimate of drug-likeness (QED) is 0.281. The molecule has 0 bridgehead atoms. The summed E-state index contributed by atoms with van der Waals surface area (Å²) >= 11 is 0. The van der Waals surface area contributed by atoms with Crippen molar-refractivity contribution >= 4 is 5.71 Å². The van der Waals surface area contributed by atoms with Gasteiger partial charge in [-0.2, -0.15) is 5.10 Å². The maximum Gasteiger partial charge on any atom is 0.0646 e. The fourth-order valence-electron chi connectivity index (χ4n) is 5.70. The van der Waals surface area contributed by atoms with Gasteiger partial charge >= 0.3 is 0 Å². The molecule has 1 saturated heterocycles.